The van der Waals surface area contributed by atoms with Crippen molar-refractivity contribution >= 4 is 5.97 Å². The maximum absolute atomic E-state index is 11.5. The molecule has 4 saturated carbocycles. The van der Waals surface area contributed by atoms with Gasteiger partial charge in [-0.05, 0) is 110 Å². The molecule has 0 aliphatic heterocycles. The summed E-state index contributed by atoms with van der Waals surface area (Å²) in [5, 5.41) is 0. The van der Waals surface area contributed by atoms with E-state index in [1.54, 1.807) is 6.92 Å². The molecular formula is C28H46O2. The average molecular weight is 415 g/mol. The molecule has 0 aromatic heterocycles. The first kappa shape index (κ1) is 22.4. The summed E-state index contributed by atoms with van der Waals surface area (Å²) in [5.74, 6) is 5.66. The molecule has 9 atom stereocenters. The summed E-state index contributed by atoms with van der Waals surface area (Å²) in [6.45, 7) is 13.9. The van der Waals surface area contributed by atoms with Crippen molar-refractivity contribution in [2.75, 3.05) is 0 Å². The molecular weight excluding hydrogens is 368 g/mol. The monoisotopic (exact) mass is 414 g/mol. The van der Waals surface area contributed by atoms with Crippen LogP contribution in [0.2, 0.25) is 0 Å². The van der Waals surface area contributed by atoms with Crippen LogP contribution in [0.5, 0.6) is 0 Å². The Balaban J connectivity index is 1.49. The molecule has 0 spiro atoms. The molecule has 170 valence electrons. The van der Waals surface area contributed by atoms with E-state index < -0.39 is 0 Å². The third kappa shape index (κ3) is 3.79. The highest BCUT2D eigenvalue weighted by Crippen LogP contribution is 2.68. The lowest BCUT2D eigenvalue weighted by atomic mass is 9.44. The quantitative estimate of drug-likeness (QED) is 0.353. The van der Waals surface area contributed by atoms with Gasteiger partial charge in [0.1, 0.15) is 6.10 Å². The minimum Gasteiger partial charge on any atom is -0.463 e. The summed E-state index contributed by atoms with van der Waals surface area (Å²) < 4.78 is 5.64. The van der Waals surface area contributed by atoms with Crippen molar-refractivity contribution in [1.29, 1.82) is 0 Å². The third-order valence-electron chi connectivity index (χ3n) is 10.5. The van der Waals surface area contributed by atoms with Gasteiger partial charge in [0.05, 0.1) is 0 Å². The molecule has 4 aliphatic carbocycles. The van der Waals surface area contributed by atoms with Gasteiger partial charge in [-0.1, -0.05) is 46.8 Å². The van der Waals surface area contributed by atoms with E-state index in [-0.39, 0.29) is 12.1 Å². The van der Waals surface area contributed by atoms with Crippen molar-refractivity contribution in [2.45, 2.75) is 105 Å². The lowest BCUT2D eigenvalue weighted by Gasteiger charge is -2.61. The predicted molar refractivity (Wildman–Crippen MR) is 124 cm³/mol. The summed E-state index contributed by atoms with van der Waals surface area (Å²) in [6.07, 6.45) is 17.1. The first-order chi connectivity index (χ1) is 14.1. The standard InChI is InChI=1S/C28H46O2/c1-18(2)7-8-19(3)24-11-12-25-23-10-9-21-17-22(30-20(4)29)13-15-27(21,5)26(23)14-16-28(24,25)6/h7-8,18-19,21-26H,9-17H2,1-6H3/t19-,21-,22-,23-,24+,25-,26-,27-,28-/m0/s1. The van der Waals surface area contributed by atoms with Gasteiger partial charge in [-0.15, -0.1) is 0 Å². The van der Waals surface area contributed by atoms with E-state index in [9.17, 15) is 4.79 Å². The number of ether oxygens (including phenoxy) is 1. The van der Waals surface area contributed by atoms with E-state index in [2.05, 4.69) is 46.8 Å². The second-order valence-electron chi connectivity index (χ2n) is 12.4. The molecule has 0 N–H and O–H groups in total. The number of fused-ring (bicyclic) bond motifs is 5. The van der Waals surface area contributed by atoms with Gasteiger partial charge in [0.15, 0.2) is 0 Å². The Kier molecular flexibility index (Phi) is 6.19. The molecule has 30 heavy (non-hydrogen) atoms. The summed E-state index contributed by atoms with van der Waals surface area (Å²) >= 11 is 0. The topological polar surface area (TPSA) is 26.3 Å². The molecule has 0 aromatic rings. The number of hydrogen-bond donors (Lipinski definition) is 0. The van der Waals surface area contributed by atoms with Crippen molar-refractivity contribution in [1.82, 2.24) is 0 Å². The molecule has 0 amide bonds. The second-order valence-corrected chi connectivity index (χ2v) is 12.4. The van der Waals surface area contributed by atoms with Crippen molar-refractivity contribution < 1.29 is 9.53 Å². The maximum atomic E-state index is 11.5. The van der Waals surface area contributed by atoms with Crippen molar-refractivity contribution in [3.05, 3.63) is 12.2 Å². The number of carbonyl (C=O) groups is 1. The largest absolute Gasteiger partial charge is 0.463 e. The van der Waals surface area contributed by atoms with Crippen LogP contribution in [0.15, 0.2) is 12.2 Å². The number of carbonyl (C=O) groups excluding carboxylic acids is 1. The smallest absolute Gasteiger partial charge is 0.302 e. The lowest BCUT2D eigenvalue weighted by molar-refractivity contribution is -0.160. The number of esters is 1. The molecule has 2 heteroatoms. The zero-order valence-corrected chi connectivity index (χ0v) is 20.5. The Morgan fingerprint density at radius 3 is 2.30 bits per heavy atom. The maximum Gasteiger partial charge on any atom is 0.302 e. The molecule has 4 aliphatic rings. The average Bonchev–Trinajstić information content (AvgIpc) is 3.03. The molecule has 0 heterocycles. The third-order valence-corrected chi connectivity index (χ3v) is 10.5. The van der Waals surface area contributed by atoms with E-state index >= 15 is 0 Å². The Hall–Kier alpha value is -0.790. The van der Waals surface area contributed by atoms with Gasteiger partial charge in [-0.25, -0.2) is 0 Å². The fraction of sp³-hybridized carbons (Fsp3) is 0.893. The van der Waals surface area contributed by atoms with Crippen molar-refractivity contribution in [2.24, 2.45) is 52.3 Å². The van der Waals surface area contributed by atoms with E-state index in [1.807, 2.05) is 0 Å². The Morgan fingerprint density at radius 2 is 1.60 bits per heavy atom. The fourth-order valence-electron chi connectivity index (χ4n) is 9.00. The number of hydrogen-bond acceptors (Lipinski definition) is 2. The fourth-order valence-corrected chi connectivity index (χ4v) is 9.00. The second kappa shape index (κ2) is 8.28. The van der Waals surface area contributed by atoms with Crippen LogP contribution in [-0.4, -0.2) is 12.1 Å². The Labute approximate surface area is 185 Å². The highest BCUT2D eigenvalue weighted by molar-refractivity contribution is 5.66. The van der Waals surface area contributed by atoms with Crippen molar-refractivity contribution in [3.63, 3.8) is 0 Å². The van der Waals surface area contributed by atoms with Gasteiger partial charge < -0.3 is 4.74 Å². The summed E-state index contributed by atoms with van der Waals surface area (Å²) in [6, 6.07) is 0. The van der Waals surface area contributed by atoms with Gasteiger partial charge in [0.2, 0.25) is 0 Å². The Morgan fingerprint density at radius 1 is 0.900 bits per heavy atom. The first-order valence-electron chi connectivity index (χ1n) is 13.0. The van der Waals surface area contributed by atoms with Gasteiger partial charge in [0.25, 0.3) is 0 Å². The SMILES string of the molecule is CC(=O)O[C@H]1CC[C@@]2(C)[C@@H](CC[C@@H]3[C@@H]2CC[C@@]2(C)[C@@H]([C@@H](C)C=CC(C)C)CC[C@@H]32)C1. The highest BCUT2D eigenvalue weighted by Gasteiger charge is 2.60. The van der Waals surface area contributed by atoms with Gasteiger partial charge in [-0.2, -0.15) is 0 Å². The van der Waals surface area contributed by atoms with Crippen LogP contribution in [0.4, 0.5) is 0 Å². The highest BCUT2D eigenvalue weighted by atomic mass is 16.5. The summed E-state index contributed by atoms with van der Waals surface area (Å²) in [7, 11) is 0. The van der Waals surface area contributed by atoms with Crippen LogP contribution in [0.3, 0.4) is 0 Å². The van der Waals surface area contributed by atoms with Crippen LogP contribution in [0.1, 0.15) is 99.3 Å². The van der Waals surface area contributed by atoms with Crippen molar-refractivity contribution in [3.8, 4) is 0 Å². The molecule has 2 nitrogen and oxygen atoms in total. The lowest BCUT2D eigenvalue weighted by Crippen LogP contribution is -2.54. The summed E-state index contributed by atoms with van der Waals surface area (Å²) in [5.41, 5.74) is 1.02. The van der Waals surface area contributed by atoms with Crippen LogP contribution in [0, 0.1) is 52.3 Å². The normalized spacial score (nSPS) is 46.9. The molecule has 0 aromatic carbocycles. The zero-order valence-electron chi connectivity index (χ0n) is 20.5. The van der Waals surface area contributed by atoms with Crippen LogP contribution < -0.4 is 0 Å². The van der Waals surface area contributed by atoms with E-state index in [0.29, 0.717) is 22.7 Å². The molecule has 0 saturated heterocycles. The van der Waals surface area contributed by atoms with Crippen LogP contribution in [0.25, 0.3) is 0 Å². The first-order valence-corrected chi connectivity index (χ1v) is 13.0. The molecule has 0 unspecified atom stereocenters. The molecule has 4 fully saturated rings. The van der Waals surface area contributed by atoms with E-state index in [0.717, 1.165) is 42.4 Å². The number of allylic oxidation sites excluding steroid dienone is 2. The Bertz CT molecular complexity index is 666. The van der Waals surface area contributed by atoms with Gasteiger partial charge >= 0.3 is 5.97 Å². The number of rotatable bonds is 4. The van der Waals surface area contributed by atoms with Crippen LogP contribution in [-0.2, 0) is 9.53 Å². The minimum absolute atomic E-state index is 0.0941. The zero-order chi connectivity index (χ0) is 21.7. The molecule has 0 radical (unpaired) electrons. The predicted octanol–water partition coefficient (Wildman–Crippen LogP) is 7.43. The summed E-state index contributed by atoms with van der Waals surface area (Å²) in [4.78, 5) is 11.5. The van der Waals surface area contributed by atoms with Gasteiger partial charge in [-0.3, -0.25) is 4.79 Å². The molecule has 0 bridgehead atoms. The van der Waals surface area contributed by atoms with E-state index in [4.69, 9.17) is 4.74 Å². The van der Waals surface area contributed by atoms with Crippen LogP contribution >= 0.6 is 0 Å². The van der Waals surface area contributed by atoms with Gasteiger partial charge in [0, 0.05) is 6.92 Å². The molecule has 4 rings (SSSR count). The minimum atomic E-state index is -0.0941. The van der Waals surface area contributed by atoms with E-state index in [1.165, 1.54) is 44.9 Å².